The van der Waals surface area contributed by atoms with E-state index in [-0.39, 0.29) is 46.1 Å². The fraction of sp³-hybridized carbons (Fsp3) is 0.219. The molecule has 1 aliphatic rings. The van der Waals surface area contributed by atoms with Gasteiger partial charge in [0.05, 0.1) is 59.2 Å². The van der Waals surface area contributed by atoms with Crippen molar-refractivity contribution in [1.29, 1.82) is 0 Å². The summed E-state index contributed by atoms with van der Waals surface area (Å²) in [6.45, 7) is 3.71. The maximum absolute atomic E-state index is 14.0. The highest BCUT2D eigenvalue weighted by atomic mass is 32.1. The third-order valence-corrected chi connectivity index (χ3v) is 7.96. The Labute approximate surface area is 256 Å². The molecule has 0 aliphatic carbocycles. The lowest BCUT2D eigenvalue weighted by atomic mass is 9.96. The minimum absolute atomic E-state index is 0.145. The first kappa shape index (κ1) is 30.2. The van der Waals surface area contributed by atoms with Crippen LogP contribution in [0.2, 0.25) is 0 Å². The molecule has 0 spiro atoms. The monoisotopic (exact) mass is 615 g/mol. The average Bonchev–Trinajstić information content (AvgIpc) is 3.33. The molecule has 0 fully saturated rings. The van der Waals surface area contributed by atoms with Crippen molar-refractivity contribution in [3.63, 3.8) is 0 Å². The standard InChI is InChI=1S/C32H29N3O8S/c1-5-42-31(37)28-19(2)33-32-34(29(28)21-11-13-23(40-3)14-12-21)30(36)27(44-32)16-22-15-25(41-4)26(17-24(22)35(38)39)43-18-20-9-7-6-8-10-20/h6-17,29H,5,18H2,1-4H3/b27-16-/t29-/m1/s1. The summed E-state index contributed by atoms with van der Waals surface area (Å²) in [4.78, 5) is 43.6. The van der Waals surface area contributed by atoms with Gasteiger partial charge in [-0.3, -0.25) is 19.5 Å². The number of nitrogens with zero attached hydrogens (tertiary/aromatic N) is 3. The van der Waals surface area contributed by atoms with Gasteiger partial charge in [0.25, 0.3) is 11.2 Å². The van der Waals surface area contributed by atoms with Gasteiger partial charge in [-0.2, -0.15) is 0 Å². The molecule has 0 saturated heterocycles. The van der Waals surface area contributed by atoms with Gasteiger partial charge >= 0.3 is 5.97 Å². The van der Waals surface area contributed by atoms with Crippen molar-refractivity contribution in [2.45, 2.75) is 26.5 Å². The first-order chi connectivity index (χ1) is 21.2. The number of thiazole rings is 1. The van der Waals surface area contributed by atoms with Crippen LogP contribution in [0.25, 0.3) is 6.08 Å². The molecule has 0 radical (unpaired) electrons. The highest BCUT2D eigenvalue weighted by molar-refractivity contribution is 7.07. The topological polar surface area (TPSA) is 131 Å². The van der Waals surface area contributed by atoms with E-state index in [1.54, 1.807) is 45.2 Å². The van der Waals surface area contributed by atoms with Crippen LogP contribution in [0.4, 0.5) is 5.69 Å². The Morgan fingerprint density at radius 2 is 1.80 bits per heavy atom. The van der Waals surface area contributed by atoms with Crippen LogP contribution >= 0.6 is 11.3 Å². The Kier molecular flexibility index (Phi) is 8.91. The zero-order valence-electron chi connectivity index (χ0n) is 24.4. The molecule has 4 aromatic rings. The Morgan fingerprint density at radius 3 is 2.43 bits per heavy atom. The lowest BCUT2D eigenvalue weighted by Crippen LogP contribution is -2.39. The Bertz CT molecular complexity index is 1930. The molecule has 1 aliphatic heterocycles. The molecule has 12 heteroatoms. The Morgan fingerprint density at radius 1 is 1.07 bits per heavy atom. The Hall–Kier alpha value is -5.23. The maximum atomic E-state index is 14.0. The molecular weight excluding hydrogens is 586 g/mol. The lowest BCUT2D eigenvalue weighted by molar-refractivity contribution is -0.385. The molecule has 1 aromatic heterocycles. The number of methoxy groups -OCH3 is 2. The van der Waals surface area contributed by atoms with Gasteiger partial charge in [0.15, 0.2) is 16.3 Å². The number of rotatable bonds is 10. The molecule has 0 unspecified atom stereocenters. The van der Waals surface area contributed by atoms with E-state index in [1.807, 2.05) is 30.3 Å². The fourth-order valence-corrected chi connectivity index (χ4v) is 5.92. The van der Waals surface area contributed by atoms with Crippen LogP contribution in [-0.4, -0.2) is 36.3 Å². The van der Waals surface area contributed by atoms with Gasteiger partial charge < -0.3 is 18.9 Å². The predicted molar refractivity (Wildman–Crippen MR) is 164 cm³/mol. The van der Waals surface area contributed by atoms with E-state index in [1.165, 1.54) is 29.9 Å². The number of allylic oxidation sites excluding steroid dienone is 1. The van der Waals surface area contributed by atoms with Crippen LogP contribution in [0.3, 0.4) is 0 Å². The van der Waals surface area contributed by atoms with E-state index < -0.39 is 22.5 Å². The molecule has 2 heterocycles. The van der Waals surface area contributed by atoms with Crippen molar-refractivity contribution < 1.29 is 28.7 Å². The summed E-state index contributed by atoms with van der Waals surface area (Å²) >= 11 is 1.06. The van der Waals surface area contributed by atoms with Crippen molar-refractivity contribution >= 4 is 29.1 Å². The Balaban J connectivity index is 1.64. The summed E-state index contributed by atoms with van der Waals surface area (Å²) in [7, 11) is 2.98. The van der Waals surface area contributed by atoms with Crippen LogP contribution in [0.5, 0.6) is 17.2 Å². The summed E-state index contributed by atoms with van der Waals surface area (Å²) in [5, 5.41) is 12.2. The third kappa shape index (κ3) is 5.97. The largest absolute Gasteiger partial charge is 0.497 e. The first-order valence-electron chi connectivity index (χ1n) is 13.6. The van der Waals surface area contributed by atoms with Crippen LogP contribution in [-0.2, 0) is 16.1 Å². The number of hydrogen-bond donors (Lipinski definition) is 0. The highest BCUT2D eigenvalue weighted by Crippen LogP contribution is 2.36. The summed E-state index contributed by atoms with van der Waals surface area (Å²) in [5.74, 6) is 0.477. The zero-order valence-corrected chi connectivity index (χ0v) is 25.3. The number of carbonyl (C=O) groups excluding carboxylic acids is 1. The van der Waals surface area contributed by atoms with E-state index in [9.17, 15) is 19.7 Å². The number of aromatic nitrogens is 1. The third-order valence-electron chi connectivity index (χ3n) is 6.98. The van der Waals surface area contributed by atoms with Gasteiger partial charge in [-0.05, 0) is 49.2 Å². The minimum Gasteiger partial charge on any atom is -0.497 e. The van der Waals surface area contributed by atoms with E-state index >= 15 is 0 Å². The first-order valence-corrected chi connectivity index (χ1v) is 14.4. The van der Waals surface area contributed by atoms with Crippen LogP contribution in [0.1, 0.15) is 36.6 Å². The van der Waals surface area contributed by atoms with Gasteiger partial charge in [-0.1, -0.05) is 53.8 Å². The molecule has 1 atom stereocenters. The second kappa shape index (κ2) is 13.0. The number of carbonyl (C=O) groups is 1. The molecule has 3 aromatic carbocycles. The molecule has 0 bridgehead atoms. The fourth-order valence-electron chi connectivity index (χ4n) is 4.88. The minimum atomic E-state index is -0.836. The quantitative estimate of drug-likeness (QED) is 0.147. The second-order valence-electron chi connectivity index (χ2n) is 9.67. The van der Waals surface area contributed by atoms with Crippen LogP contribution in [0, 0.1) is 10.1 Å². The number of benzene rings is 3. The van der Waals surface area contributed by atoms with Crippen LogP contribution < -0.4 is 29.1 Å². The van der Waals surface area contributed by atoms with Crippen molar-refractivity contribution in [3.8, 4) is 17.2 Å². The predicted octanol–water partition coefficient (Wildman–Crippen LogP) is 4.30. The number of fused-ring (bicyclic) bond motifs is 1. The van der Waals surface area contributed by atoms with E-state index in [4.69, 9.17) is 18.9 Å². The average molecular weight is 616 g/mol. The molecule has 226 valence electrons. The maximum Gasteiger partial charge on any atom is 0.338 e. The van der Waals surface area contributed by atoms with Crippen LogP contribution in [0.15, 0.2) is 87.8 Å². The van der Waals surface area contributed by atoms with E-state index in [0.29, 0.717) is 21.8 Å². The second-order valence-corrected chi connectivity index (χ2v) is 10.7. The number of nitro groups is 1. The van der Waals surface area contributed by atoms with Gasteiger partial charge in [-0.25, -0.2) is 9.79 Å². The molecule has 5 rings (SSSR count). The van der Waals surface area contributed by atoms with Gasteiger partial charge in [0.1, 0.15) is 12.4 Å². The number of ether oxygens (including phenoxy) is 4. The molecular formula is C32H29N3O8S. The molecule has 0 saturated carbocycles. The lowest BCUT2D eigenvalue weighted by Gasteiger charge is -2.24. The summed E-state index contributed by atoms with van der Waals surface area (Å²) < 4.78 is 23.6. The van der Waals surface area contributed by atoms with Gasteiger partial charge in [0, 0.05) is 0 Å². The highest BCUT2D eigenvalue weighted by Gasteiger charge is 2.33. The van der Waals surface area contributed by atoms with Crippen molar-refractivity contribution in [2.75, 3.05) is 20.8 Å². The summed E-state index contributed by atoms with van der Waals surface area (Å²) in [6.07, 6.45) is 1.43. The van der Waals surface area contributed by atoms with E-state index in [0.717, 1.165) is 16.9 Å². The van der Waals surface area contributed by atoms with Crippen molar-refractivity contribution in [3.05, 3.63) is 124 Å². The molecule has 0 N–H and O–H groups in total. The van der Waals surface area contributed by atoms with Crippen molar-refractivity contribution in [1.82, 2.24) is 4.57 Å². The number of nitro benzene ring substituents is 1. The molecule has 11 nitrogen and oxygen atoms in total. The normalized spacial score (nSPS) is 14.5. The molecule has 44 heavy (non-hydrogen) atoms. The van der Waals surface area contributed by atoms with E-state index in [2.05, 4.69) is 4.99 Å². The summed E-state index contributed by atoms with van der Waals surface area (Å²) in [6, 6.07) is 18.3. The van der Waals surface area contributed by atoms with Gasteiger partial charge in [-0.15, -0.1) is 0 Å². The van der Waals surface area contributed by atoms with Crippen molar-refractivity contribution in [2.24, 2.45) is 4.99 Å². The summed E-state index contributed by atoms with van der Waals surface area (Å²) in [5.41, 5.74) is 1.56. The molecule has 0 amide bonds. The number of hydrogen-bond acceptors (Lipinski definition) is 10. The zero-order chi connectivity index (χ0) is 31.4. The van der Waals surface area contributed by atoms with Gasteiger partial charge in [0.2, 0.25) is 0 Å². The smallest absolute Gasteiger partial charge is 0.338 e. The SMILES string of the molecule is CCOC(=O)C1=C(C)N=c2s/c(=C\c3cc(OC)c(OCc4ccccc4)cc3[N+](=O)[O-])c(=O)n2[C@@H]1c1ccc(OC)cc1. The number of esters is 1.